The summed E-state index contributed by atoms with van der Waals surface area (Å²) < 4.78 is 49.8. The van der Waals surface area contributed by atoms with Crippen molar-refractivity contribution < 1.29 is 21.6 Å². The van der Waals surface area contributed by atoms with E-state index in [-0.39, 0.29) is 29.5 Å². The number of sulfone groups is 1. The highest BCUT2D eigenvalue weighted by molar-refractivity contribution is 9.10. The fourth-order valence-corrected chi connectivity index (χ4v) is 6.16. The van der Waals surface area contributed by atoms with Crippen molar-refractivity contribution in [1.82, 2.24) is 9.62 Å². The van der Waals surface area contributed by atoms with Crippen LogP contribution in [0.15, 0.2) is 33.6 Å². The molecule has 0 aromatic heterocycles. The minimum Gasteiger partial charge on any atom is -0.351 e. The van der Waals surface area contributed by atoms with Gasteiger partial charge in [0.15, 0.2) is 9.84 Å². The summed E-state index contributed by atoms with van der Waals surface area (Å²) in [5, 5.41) is 2.60. The molecule has 0 bridgehead atoms. The van der Waals surface area contributed by atoms with Gasteiger partial charge >= 0.3 is 0 Å². The highest BCUT2D eigenvalue weighted by Crippen LogP contribution is 2.20. The zero-order valence-electron chi connectivity index (χ0n) is 13.1. The Bertz CT molecular complexity index is 823. The molecule has 0 radical (unpaired) electrons. The molecule has 1 amide bonds. The molecule has 1 aliphatic heterocycles. The van der Waals surface area contributed by atoms with Crippen LogP contribution in [0.5, 0.6) is 0 Å². The minimum atomic E-state index is -3.80. The Kier molecular flexibility index (Phi) is 6.05. The third kappa shape index (κ3) is 4.78. The molecular formula is C14H19BrN2O5S2. The first kappa shape index (κ1) is 19.4. The molecule has 1 saturated heterocycles. The van der Waals surface area contributed by atoms with Crippen LogP contribution < -0.4 is 5.32 Å². The molecule has 24 heavy (non-hydrogen) atoms. The van der Waals surface area contributed by atoms with E-state index in [9.17, 15) is 21.6 Å². The quantitative estimate of drug-likeness (QED) is 0.706. The molecule has 134 valence electrons. The zero-order chi connectivity index (χ0) is 18.0. The number of nitrogens with one attached hydrogen (secondary N) is 1. The van der Waals surface area contributed by atoms with Crippen molar-refractivity contribution in [3.8, 4) is 0 Å². The molecule has 2 rings (SSSR count). The smallest absolute Gasteiger partial charge is 0.243 e. The summed E-state index contributed by atoms with van der Waals surface area (Å²) in [6.45, 7) is 1.43. The van der Waals surface area contributed by atoms with E-state index >= 15 is 0 Å². The number of rotatable bonds is 6. The number of nitrogens with zero attached hydrogens (tertiary/aromatic N) is 1. The van der Waals surface area contributed by atoms with Crippen LogP contribution in [0, 0.1) is 0 Å². The third-order valence-corrected chi connectivity index (χ3v) is 7.88. The lowest BCUT2D eigenvalue weighted by atomic mass is 10.2. The molecule has 0 saturated carbocycles. The number of amides is 1. The summed E-state index contributed by atoms with van der Waals surface area (Å²) in [6, 6.07) is 5.80. The minimum absolute atomic E-state index is 0.0474. The number of sulfonamides is 1. The molecule has 1 fully saturated rings. The molecule has 1 unspecified atom stereocenters. The normalized spacial score (nSPS) is 20.2. The molecule has 7 nitrogen and oxygen atoms in total. The first-order valence-corrected chi connectivity index (χ1v) is 11.4. The van der Waals surface area contributed by atoms with Crippen LogP contribution >= 0.6 is 15.9 Å². The Labute approximate surface area is 150 Å². The second-order valence-electron chi connectivity index (χ2n) is 5.56. The molecular weight excluding hydrogens is 420 g/mol. The number of halogens is 1. The first-order valence-electron chi connectivity index (χ1n) is 7.39. The molecule has 1 aromatic rings. The maximum Gasteiger partial charge on any atom is 0.243 e. The fourth-order valence-electron chi connectivity index (χ4n) is 2.49. The van der Waals surface area contributed by atoms with Crippen molar-refractivity contribution in [3.63, 3.8) is 0 Å². The maximum absolute atomic E-state index is 12.6. The summed E-state index contributed by atoms with van der Waals surface area (Å²) in [5.41, 5.74) is 0. The van der Waals surface area contributed by atoms with Crippen molar-refractivity contribution in [3.05, 3.63) is 28.7 Å². The molecule has 1 aromatic carbocycles. The third-order valence-electron chi connectivity index (χ3n) is 3.70. The van der Waals surface area contributed by atoms with Gasteiger partial charge in [-0.25, -0.2) is 16.8 Å². The second kappa shape index (κ2) is 7.51. The van der Waals surface area contributed by atoms with E-state index in [4.69, 9.17) is 0 Å². The van der Waals surface area contributed by atoms with E-state index < -0.39 is 31.8 Å². The van der Waals surface area contributed by atoms with E-state index in [1.807, 2.05) is 0 Å². The Hall–Kier alpha value is -0.970. The van der Waals surface area contributed by atoms with Crippen LogP contribution in [0.25, 0.3) is 0 Å². The summed E-state index contributed by atoms with van der Waals surface area (Å²) in [4.78, 5) is 12.2. The van der Waals surface area contributed by atoms with E-state index in [1.54, 1.807) is 19.1 Å². The lowest BCUT2D eigenvalue weighted by Crippen LogP contribution is -2.44. The predicted octanol–water partition coefficient (Wildman–Crippen LogP) is 0.763. The maximum atomic E-state index is 12.6. The molecule has 0 spiro atoms. The van der Waals surface area contributed by atoms with Gasteiger partial charge in [-0.3, -0.25) is 4.79 Å². The first-order chi connectivity index (χ1) is 11.1. The fraction of sp³-hybridized carbons (Fsp3) is 0.500. The van der Waals surface area contributed by atoms with Gasteiger partial charge in [0, 0.05) is 17.1 Å². The summed E-state index contributed by atoms with van der Waals surface area (Å²) >= 11 is 3.23. The zero-order valence-corrected chi connectivity index (χ0v) is 16.3. The average Bonchev–Trinajstić information content (AvgIpc) is 2.83. The van der Waals surface area contributed by atoms with Crippen LogP contribution in [0.3, 0.4) is 0 Å². The topological polar surface area (TPSA) is 101 Å². The SMILES string of the molecule is CCN(CC(=O)NC1CCS(=O)(=O)C1)S(=O)(=O)c1cccc(Br)c1. The molecule has 1 aliphatic rings. The van der Waals surface area contributed by atoms with Gasteiger partial charge in [-0.2, -0.15) is 4.31 Å². The van der Waals surface area contributed by atoms with Gasteiger partial charge in [0.05, 0.1) is 22.9 Å². The molecule has 10 heteroatoms. The Balaban J connectivity index is 2.07. The Morgan fingerprint density at radius 2 is 2.12 bits per heavy atom. The van der Waals surface area contributed by atoms with Gasteiger partial charge in [0.2, 0.25) is 15.9 Å². The van der Waals surface area contributed by atoms with Crippen molar-refractivity contribution in [2.24, 2.45) is 0 Å². The molecule has 0 aliphatic carbocycles. The van der Waals surface area contributed by atoms with Crippen LogP contribution in [-0.4, -0.2) is 57.7 Å². The lowest BCUT2D eigenvalue weighted by Gasteiger charge is -2.21. The van der Waals surface area contributed by atoms with Crippen LogP contribution in [-0.2, 0) is 24.7 Å². The number of hydrogen-bond donors (Lipinski definition) is 1. The second-order valence-corrected chi connectivity index (χ2v) is 10.6. The van der Waals surface area contributed by atoms with Gasteiger partial charge in [0.1, 0.15) is 0 Å². The van der Waals surface area contributed by atoms with Crippen molar-refractivity contribution in [1.29, 1.82) is 0 Å². The van der Waals surface area contributed by atoms with Crippen LogP contribution in [0.2, 0.25) is 0 Å². The number of carbonyl (C=O) groups excluding carboxylic acids is 1. The standard InChI is InChI=1S/C14H19BrN2O5S2/c1-2-17(24(21,22)13-5-3-4-11(15)8-13)9-14(18)16-12-6-7-23(19,20)10-12/h3-5,8,12H,2,6-7,9-10H2,1H3,(H,16,18). The predicted molar refractivity (Wildman–Crippen MR) is 93.8 cm³/mol. The number of hydrogen-bond acceptors (Lipinski definition) is 5. The largest absolute Gasteiger partial charge is 0.351 e. The van der Waals surface area contributed by atoms with Gasteiger partial charge in [-0.05, 0) is 24.6 Å². The highest BCUT2D eigenvalue weighted by atomic mass is 79.9. The number of benzene rings is 1. The lowest BCUT2D eigenvalue weighted by molar-refractivity contribution is -0.121. The molecule has 1 atom stereocenters. The van der Waals surface area contributed by atoms with Crippen LogP contribution in [0.4, 0.5) is 0 Å². The Morgan fingerprint density at radius 3 is 2.67 bits per heavy atom. The average molecular weight is 439 g/mol. The van der Waals surface area contributed by atoms with Crippen LogP contribution in [0.1, 0.15) is 13.3 Å². The van der Waals surface area contributed by atoms with Gasteiger partial charge < -0.3 is 5.32 Å². The number of carbonyl (C=O) groups is 1. The highest BCUT2D eigenvalue weighted by Gasteiger charge is 2.31. The molecule has 1 N–H and O–H groups in total. The van der Waals surface area contributed by atoms with Crippen molar-refractivity contribution in [2.75, 3.05) is 24.6 Å². The monoisotopic (exact) mass is 438 g/mol. The van der Waals surface area contributed by atoms with E-state index in [1.165, 1.54) is 12.1 Å². The van der Waals surface area contributed by atoms with Gasteiger partial charge in [-0.15, -0.1) is 0 Å². The summed E-state index contributed by atoms with van der Waals surface area (Å²) in [6.07, 6.45) is 0.360. The Morgan fingerprint density at radius 1 is 1.42 bits per heavy atom. The summed E-state index contributed by atoms with van der Waals surface area (Å²) in [7, 11) is -6.90. The number of likely N-dealkylation sites (N-methyl/N-ethyl adjacent to an activating group) is 1. The van der Waals surface area contributed by atoms with Gasteiger partial charge in [0.25, 0.3) is 0 Å². The van der Waals surface area contributed by atoms with E-state index in [0.717, 1.165) is 4.31 Å². The molecule has 1 heterocycles. The van der Waals surface area contributed by atoms with E-state index in [2.05, 4.69) is 21.2 Å². The van der Waals surface area contributed by atoms with Crippen molar-refractivity contribution >= 4 is 41.7 Å². The summed E-state index contributed by atoms with van der Waals surface area (Å²) in [5.74, 6) is -0.549. The van der Waals surface area contributed by atoms with Crippen molar-refractivity contribution in [2.45, 2.75) is 24.3 Å². The van der Waals surface area contributed by atoms with Gasteiger partial charge in [-0.1, -0.05) is 28.9 Å². The van der Waals surface area contributed by atoms with E-state index in [0.29, 0.717) is 10.9 Å².